The standard InChI is InChI=1S/C22H18O5/c23-14-10-19(24)21(20(25)11-14)22(26)18-12-17(18)13-6-8-16(9-7-13)27-15-4-2-1-3-5-15/h1-11,17-18,23-25H,12H2. The van der Waals surface area contributed by atoms with Crippen LogP contribution in [-0.2, 0) is 0 Å². The van der Waals surface area contributed by atoms with Gasteiger partial charge in [0.05, 0.1) is 0 Å². The van der Waals surface area contributed by atoms with Crippen molar-refractivity contribution in [3.05, 3.63) is 77.9 Å². The second-order valence-corrected chi connectivity index (χ2v) is 6.66. The summed E-state index contributed by atoms with van der Waals surface area (Å²) in [4.78, 5) is 12.6. The van der Waals surface area contributed by atoms with Crippen molar-refractivity contribution >= 4 is 5.78 Å². The van der Waals surface area contributed by atoms with Crippen LogP contribution < -0.4 is 4.74 Å². The fourth-order valence-corrected chi connectivity index (χ4v) is 3.30. The lowest BCUT2D eigenvalue weighted by atomic mass is 10.0. The summed E-state index contributed by atoms with van der Waals surface area (Å²) in [6.45, 7) is 0. The van der Waals surface area contributed by atoms with Crippen molar-refractivity contribution in [1.29, 1.82) is 0 Å². The second kappa shape index (κ2) is 6.68. The third-order valence-electron chi connectivity index (χ3n) is 4.74. The lowest BCUT2D eigenvalue weighted by Gasteiger charge is -2.08. The zero-order valence-electron chi connectivity index (χ0n) is 14.4. The molecular weight excluding hydrogens is 344 g/mol. The average Bonchev–Trinajstić information content (AvgIpc) is 3.43. The summed E-state index contributed by atoms with van der Waals surface area (Å²) >= 11 is 0. The van der Waals surface area contributed by atoms with Gasteiger partial charge in [0.1, 0.15) is 34.3 Å². The number of para-hydroxylation sites is 1. The van der Waals surface area contributed by atoms with Crippen LogP contribution in [0.3, 0.4) is 0 Å². The summed E-state index contributed by atoms with van der Waals surface area (Å²) in [7, 11) is 0. The Morgan fingerprint density at radius 2 is 1.44 bits per heavy atom. The number of phenols is 3. The number of benzene rings is 3. The van der Waals surface area contributed by atoms with Crippen LogP contribution in [0.2, 0.25) is 0 Å². The Morgan fingerprint density at radius 1 is 0.852 bits per heavy atom. The van der Waals surface area contributed by atoms with E-state index < -0.39 is 11.5 Å². The molecule has 0 amide bonds. The first-order valence-electron chi connectivity index (χ1n) is 8.65. The van der Waals surface area contributed by atoms with Gasteiger partial charge in [0, 0.05) is 18.1 Å². The van der Waals surface area contributed by atoms with Gasteiger partial charge in [-0.1, -0.05) is 30.3 Å². The minimum atomic E-state index is -0.408. The van der Waals surface area contributed by atoms with E-state index in [1.54, 1.807) is 0 Å². The molecule has 5 nitrogen and oxygen atoms in total. The molecule has 0 aromatic heterocycles. The molecule has 3 N–H and O–H groups in total. The number of phenolic OH excluding ortho intramolecular Hbond substituents is 3. The number of aromatic hydroxyl groups is 3. The number of Topliss-reactive ketones (excluding diaryl/α,β-unsaturated/α-hetero) is 1. The topological polar surface area (TPSA) is 87.0 Å². The highest BCUT2D eigenvalue weighted by atomic mass is 16.5. The van der Waals surface area contributed by atoms with Gasteiger partial charge in [-0.2, -0.15) is 0 Å². The maximum absolute atomic E-state index is 12.6. The Hall–Kier alpha value is -3.47. The largest absolute Gasteiger partial charge is 0.508 e. The summed E-state index contributed by atoms with van der Waals surface area (Å²) in [5.41, 5.74) is 0.871. The summed E-state index contributed by atoms with van der Waals surface area (Å²) in [6.07, 6.45) is 0.650. The van der Waals surface area contributed by atoms with Crippen LogP contribution >= 0.6 is 0 Å². The first-order valence-corrected chi connectivity index (χ1v) is 8.65. The van der Waals surface area contributed by atoms with Crippen LogP contribution in [0.25, 0.3) is 0 Å². The molecule has 0 heterocycles. The maximum Gasteiger partial charge on any atom is 0.174 e. The molecule has 0 spiro atoms. The lowest BCUT2D eigenvalue weighted by Crippen LogP contribution is -2.04. The van der Waals surface area contributed by atoms with Gasteiger partial charge in [0.2, 0.25) is 0 Å². The Morgan fingerprint density at radius 3 is 2.07 bits per heavy atom. The number of ether oxygens (including phenoxy) is 1. The number of rotatable bonds is 5. The Balaban J connectivity index is 1.46. The summed E-state index contributed by atoms with van der Waals surface area (Å²) < 4.78 is 5.76. The molecule has 3 aromatic rings. The van der Waals surface area contributed by atoms with Gasteiger partial charge in [-0.3, -0.25) is 4.79 Å². The van der Waals surface area contributed by atoms with Crippen molar-refractivity contribution in [3.63, 3.8) is 0 Å². The van der Waals surface area contributed by atoms with Crippen LogP contribution in [-0.4, -0.2) is 21.1 Å². The number of carbonyl (C=O) groups is 1. The monoisotopic (exact) mass is 362 g/mol. The maximum atomic E-state index is 12.6. The minimum Gasteiger partial charge on any atom is -0.508 e. The fourth-order valence-electron chi connectivity index (χ4n) is 3.30. The third-order valence-corrected chi connectivity index (χ3v) is 4.74. The van der Waals surface area contributed by atoms with Gasteiger partial charge >= 0.3 is 0 Å². The van der Waals surface area contributed by atoms with Crippen molar-refractivity contribution in [2.24, 2.45) is 5.92 Å². The van der Waals surface area contributed by atoms with Gasteiger partial charge in [-0.25, -0.2) is 0 Å². The van der Waals surface area contributed by atoms with Gasteiger partial charge in [-0.05, 0) is 42.2 Å². The van der Waals surface area contributed by atoms with E-state index in [1.165, 1.54) is 0 Å². The first-order chi connectivity index (χ1) is 13.0. The molecule has 0 saturated heterocycles. The molecule has 0 bridgehead atoms. The zero-order chi connectivity index (χ0) is 19.0. The number of ketones is 1. The third kappa shape index (κ3) is 3.44. The van der Waals surface area contributed by atoms with Gasteiger partial charge in [0.15, 0.2) is 5.78 Å². The highest BCUT2D eigenvalue weighted by molar-refractivity contribution is 6.04. The van der Waals surface area contributed by atoms with Crippen molar-refractivity contribution in [2.75, 3.05) is 0 Å². The molecule has 4 rings (SSSR count). The molecule has 2 atom stereocenters. The van der Waals surface area contributed by atoms with E-state index >= 15 is 0 Å². The zero-order valence-corrected chi connectivity index (χ0v) is 14.4. The first kappa shape index (κ1) is 17.0. The minimum absolute atomic E-state index is 0.0379. The molecule has 1 saturated carbocycles. The molecule has 1 aliphatic carbocycles. The van der Waals surface area contributed by atoms with Crippen molar-refractivity contribution in [1.82, 2.24) is 0 Å². The van der Waals surface area contributed by atoms with Crippen LogP contribution in [0.1, 0.15) is 28.3 Å². The van der Waals surface area contributed by atoms with Crippen LogP contribution in [0.5, 0.6) is 28.7 Å². The van der Waals surface area contributed by atoms with Crippen LogP contribution in [0, 0.1) is 5.92 Å². The van der Waals surface area contributed by atoms with Crippen LogP contribution in [0.4, 0.5) is 0 Å². The molecule has 1 fully saturated rings. The smallest absolute Gasteiger partial charge is 0.174 e. The summed E-state index contributed by atoms with van der Waals surface area (Å²) in [5, 5.41) is 29.2. The van der Waals surface area contributed by atoms with Crippen molar-refractivity contribution < 1.29 is 24.9 Å². The molecule has 5 heteroatoms. The van der Waals surface area contributed by atoms with Crippen molar-refractivity contribution in [2.45, 2.75) is 12.3 Å². The number of hydrogen-bond donors (Lipinski definition) is 3. The van der Waals surface area contributed by atoms with E-state index in [0.717, 1.165) is 23.4 Å². The average molecular weight is 362 g/mol. The molecule has 0 aliphatic heterocycles. The Labute approximate surface area is 156 Å². The normalized spacial score (nSPS) is 18.1. The molecule has 2 unspecified atom stereocenters. The lowest BCUT2D eigenvalue weighted by molar-refractivity contribution is 0.0960. The molecule has 1 aliphatic rings. The Kier molecular flexibility index (Phi) is 4.20. The number of carbonyl (C=O) groups excluding carboxylic acids is 1. The predicted octanol–water partition coefficient (Wildman–Crippen LogP) is 4.58. The number of hydrogen-bond acceptors (Lipinski definition) is 5. The Bertz CT molecular complexity index is 956. The molecule has 136 valence electrons. The fraction of sp³-hybridized carbons (Fsp3) is 0.136. The summed E-state index contributed by atoms with van der Waals surface area (Å²) in [6, 6.07) is 19.1. The quantitative estimate of drug-likeness (QED) is 0.578. The second-order valence-electron chi connectivity index (χ2n) is 6.66. The highest BCUT2D eigenvalue weighted by Crippen LogP contribution is 2.51. The van der Waals surface area contributed by atoms with Gasteiger partial charge in [0.25, 0.3) is 0 Å². The SMILES string of the molecule is O=C(c1c(O)cc(O)cc1O)C1CC1c1ccc(Oc2ccccc2)cc1. The predicted molar refractivity (Wildman–Crippen MR) is 99.6 cm³/mol. The van der Waals surface area contributed by atoms with E-state index in [2.05, 4.69) is 0 Å². The summed E-state index contributed by atoms with van der Waals surface area (Å²) in [5.74, 6) is -0.222. The van der Waals surface area contributed by atoms with Gasteiger partial charge in [-0.15, -0.1) is 0 Å². The van der Waals surface area contributed by atoms with E-state index in [0.29, 0.717) is 12.2 Å². The molecule has 27 heavy (non-hydrogen) atoms. The van der Waals surface area contributed by atoms with Crippen molar-refractivity contribution in [3.8, 4) is 28.7 Å². The van der Waals surface area contributed by atoms with E-state index in [-0.39, 0.29) is 28.9 Å². The van der Waals surface area contributed by atoms with Gasteiger partial charge < -0.3 is 20.1 Å². The van der Waals surface area contributed by atoms with E-state index in [4.69, 9.17) is 4.74 Å². The molecule has 3 aromatic carbocycles. The highest BCUT2D eigenvalue weighted by Gasteiger charge is 2.45. The van der Waals surface area contributed by atoms with E-state index in [1.807, 2.05) is 54.6 Å². The molecule has 0 radical (unpaired) electrons. The van der Waals surface area contributed by atoms with Crippen LogP contribution in [0.15, 0.2) is 66.7 Å². The van der Waals surface area contributed by atoms with E-state index in [9.17, 15) is 20.1 Å². The molecular formula is C22H18O5.